The zero-order valence-electron chi connectivity index (χ0n) is 9.79. The van der Waals surface area contributed by atoms with Crippen LogP contribution in [0.15, 0.2) is 0 Å². The summed E-state index contributed by atoms with van der Waals surface area (Å²) in [5.74, 6) is 0.606. The summed E-state index contributed by atoms with van der Waals surface area (Å²) in [5, 5.41) is 2.99. The third kappa shape index (κ3) is 4.08. The highest BCUT2D eigenvalue weighted by Crippen LogP contribution is 2.05. The lowest BCUT2D eigenvalue weighted by molar-refractivity contribution is 0.0530. The van der Waals surface area contributed by atoms with Gasteiger partial charge < -0.3 is 15.0 Å². The molecule has 1 heterocycles. The molecular weight excluding hydrogens is 192 g/mol. The van der Waals surface area contributed by atoms with Crippen molar-refractivity contribution in [1.82, 2.24) is 10.2 Å². The van der Waals surface area contributed by atoms with Gasteiger partial charge in [-0.15, -0.1) is 0 Å². The number of amides is 2. The fourth-order valence-electron chi connectivity index (χ4n) is 1.69. The topological polar surface area (TPSA) is 41.6 Å². The zero-order chi connectivity index (χ0) is 11.1. The molecule has 0 aromatic carbocycles. The van der Waals surface area contributed by atoms with Crippen molar-refractivity contribution < 1.29 is 9.53 Å². The lowest BCUT2D eigenvalue weighted by Crippen LogP contribution is -2.47. The van der Waals surface area contributed by atoms with Crippen LogP contribution in [-0.2, 0) is 4.74 Å². The van der Waals surface area contributed by atoms with Crippen molar-refractivity contribution in [3.63, 3.8) is 0 Å². The van der Waals surface area contributed by atoms with E-state index in [4.69, 9.17) is 4.74 Å². The second-order valence-electron chi connectivity index (χ2n) is 3.97. The predicted octanol–water partition coefficient (Wildman–Crippen LogP) is 1.46. The Balaban J connectivity index is 2.22. The maximum absolute atomic E-state index is 11.7. The summed E-state index contributed by atoms with van der Waals surface area (Å²) < 4.78 is 5.20. The molecule has 1 fully saturated rings. The number of carbonyl (C=O) groups is 1. The van der Waals surface area contributed by atoms with Gasteiger partial charge in [-0.25, -0.2) is 4.79 Å². The molecule has 0 aliphatic carbocycles. The number of ether oxygens (including phenoxy) is 1. The first-order valence-electron chi connectivity index (χ1n) is 5.88. The molecule has 0 radical (unpaired) electrons. The average Bonchev–Trinajstić information content (AvgIpc) is 2.31. The summed E-state index contributed by atoms with van der Waals surface area (Å²) in [6.07, 6.45) is 2.25. The first kappa shape index (κ1) is 12.3. The molecule has 1 aliphatic rings. The number of hydrogen-bond donors (Lipinski definition) is 1. The number of nitrogens with one attached hydrogen (secondary N) is 1. The molecule has 4 nitrogen and oxygen atoms in total. The highest BCUT2D eigenvalue weighted by atomic mass is 16.5. The molecule has 4 heteroatoms. The van der Waals surface area contributed by atoms with Crippen molar-refractivity contribution in [2.24, 2.45) is 5.92 Å². The Morgan fingerprint density at radius 2 is 1.93 bits per heavy atom. The number of hydrogen-bond acceptors (Lipinski definition) is 2. The number of urea groups is 1. The number of nitrogens with zero attached hydrogens (tertiary/aromatic N) is 1. The summed E-state index contributed by atoms with van der Waals surface area (Å²) in [4.78, 5) is 13.5. The second kappa shape index (κ2) is 6.67. The van der Waals surface area contributed by atoms with E-state index in [1.165, 1.54) is 0 Å². The molecule has 2 amide bonds. The van der Waals surface area contributed by atoms with E-state index in [0.29, 0.717) is 19.1 Å². The maximum Gasteiger partial charge on any atom is 0.317 e. The molecule has 1 saturated heterocycles. The van der Waals surface area contributed by atoms with Gasteiger partial charge in [0, 0.05) is 19.6 Å². The van der Waals surface area contributed by atoms with E-state index in [9.17, 15) is 4.79 Å². The van der Waals surface area contributed by atoms with Crippen LogP contribution in [0, 0.1) is 5.92 Å². The SMILES string of the molecule is CCC(CC)CNC(=O)N1CCOCC1. The third-order valence-corrected chi connectivity index (χ3v) is 2.99. The van der Waals surface area contributed by atoms with Gasteiger partial charge in [-0.2, -0.15) is 0 Å². The molecule has 0 unspecified atom stereocenters. The molecule has 0 aromatic heterocycles. The molecule has 0 saturated carbocycles. The average molecular weight is 214 g/mol. The summed E-state index contributed by atoms with van der Waals surface area (Å²) in [7, 11) is 0. The number of carbonyl (C=O) groups excluding carboxylic acids is 1. The largest absolute Gasteiger partial charge is 0.378 e. The summed E-state index contributed by atoms with van der Waals surface area (Å²) in [5.41, 5.74) is 0. The molecule has 1 N–H and O–H groups in total. The lowest BCUT2D eigenvalue weighted by Gasteiger charge is -2.27. The minimum absolute atomic E-state index is 0.0604. The van der Waals surface area contributed by atoms with Crippen LogP contribution in [0.3, 0.4) is 0 Å². The van der Waals surface area contributed by atoms with Gasteiger partial charge in [0.1, 0.15) is 0 Å². The molecule has 0 bridgehead atoms. The van der Waals surface area contributed by atoms with Gasteiger partial charge in [0.25, 0.3) is 0 Å². The summed E-state index contributed by atoms with van der Waals surface area (Å²) in [6, 6.07) is 0.0604. The first-order chi connectivity index (χ1) is 7.27. The normalized spacial score (nSPS) is 16.9. The number of morpholine rings is 1. The Morgan fingerprint density at radius 3 is 2.47 bits per heavy atom. The van der Waals surface area contributed by atoms with E-state index in [2.05, 4.69) is 19.2 Å². The molecule has 0 spiro atoms. The van der Waals surface area contributed by atoms with E-state index in [-0.39, 0.29) is 6.03 Å². The van der Waals surface area contributed by atoms with Crippen LogP contribution in [-0.4, -0.2) is 43.8 Å². The standard InChI is InChI=1S/C11H22N2O2/c1-3-10(4-2)9-12-11(14)13-5-7-15-8-6-13/h10H,3-9H2,1-2H3,(H,12,14). The van der Waals surface area contributed by atoms with Crippen molar-refractivity contribution >= 4 is 6.03 Å². The van der Waals surface area contributed by atoms with Gasteiger partial charge in [-0.1, -0.05) is 26.7 Å². The van der Waals surface area contributed by atoms with Crippen LogP contribution < -0.4 is 5.32 Å². The van der Waals surface area contributed by atoms with Gasteiger partial charge >= 0.3 is 6.03 Å². The van der Waals surface area contributed by atoms with Crippen LogP contribution in [0.25, 0.3) is 0 Å². The second-order valence-corrected chi connectivity index (χ2v) is 3.97. The van der Waals surface area contributed by atoms with Gasteiger partial charge in [-0.05, 0) is 5.92 Å². The zero-order valence-corrected chi connectivity index (χ0v) is 9.79. The van der Waals surface area contributed by atoms with Gasteiger partial charge in [-0.3, -0.25) is 0 Å². The van der Waals surface area contributed by atoms with Crippen LogP contribution in [0.2, 0.25) is 0 Å². The van der Waals surface area contributed by atoms with Crippen LogP contribution in [0.4, 0.5) is 4.79 Å². The number of rotatable bonds is 4. The van der Waals surface area contributed by atoms with Crippen molar-refractivity contribution in [2.45, 2.75) is 26.7 Å². The quantitative estimate of drug-likeness (QED) is 0.770. The molecule has 88 valence electrons. The smallest absolute Gasteiger partial charge is 0.317 e. The summed E-state index contributed by atoms with van der Waals surface area (Å²) in [6.45, 7) is 7.88. The monoisotopic (exact) mass is 214 g/mol. The van der Waals surface area contributed by atoms with Gasteiger partial charge in [0.05, 0.1) is 13.2 Å². The minimum atomic E-state index is 0.0604. The van der Waals surface area contributed by atoms with E-state index in [1.807, 2.05) is 4.90 Å². The van der Waals surface area contributed by atoms with Crippen molar-refractivity contribution in [2.75, 3.05) is 32.8 Å². The molecule has 15 heavy (non-hydrogen) atoms. The van der Waals surface area contributed by atoms with E-state index < -0.39 is 0 Å². The Hall–Kier alpha value is -0.770. The lowest BCUT2D eigenvalue weighted by atomic mass is 10.0. The van der Waals surface area contributed by atoms with E-state index in [0.717, 1.165) is 32.5 Å². The van der Waals surface area contributed by atoms with E-state index >= 15 is 0 Å². The fourth-order valence-corrected chi connectivity index (χ4v) is 1.69. The predicted molar refractivity (Wildman–Crippen MR) is 59.9 cm³/mol. The highest BCUT2D eigenvalue weighted by Gasteiger charge is 2.16. The third-order valence-electron chi connectivity index (χ3n) is 2.99. The maximum atomic E-state index is 11.7. The minimum Gasteiger partial charge on any atom is -0.378 e. The van der Waals surface area contributed by atoms with Crippen LogP contribution in [0.1, 0.15) is 26.7 Å². The van der Waals surface area contributed by atoms with Crippen molar-refractivity contribution in [1.29, 1.82) is 0 Å². The Bertz CT molecular complexity index is 187. The van der Waals surface area contributed by atoms with Gasteiger partial charge in [0.2, 0.25) is 0 Å². The Labute approximate surface area is 92.0 Å². The van der Waals surface area contributed by atoms with Crippen molar-refractivity contribution in [3.05, 3.63) is 0 Å². The van der Waals surface area contributed by atoms with Crippen LogP contribution >= 0.6 is 0 Å². The molecule has 1 aliphatic heterocycles. The molecule has 1 rings (SSSR count). The highest BCUT2D eigenvalue weighted by molar-refractivity contribution is 5.74. The van der Waals surface area contributed by atoms with E-state index in [1.54, 1.807) is 0 Å². The van der Waals surface area contributed by atoms with Gasteiger partial charge in [0.15, 0.2) is 0 Å². The van der Waals surface area contributed by atoms with Crippen molar-refractivity contribution in [3.8, 4) is 0 Å². The Morgan fingerprint density at radius 1 is 1.33 bits per heavy atom. The molecule has 0 atom stereocenters. The summed E-state index contributed by atoms with van der Waals surface area (Å²) >= 11 is 0. The Kier molecular flexibility index (Phi) is 5.47. The molecule has 0 aromatic rings. The van der Waals surface area contributed by atoms with Crippen LogP contribution in [0.5, 0.6) is 0 Å². The first-order valence-corrected chi connectivity index (χ1v) is 5.88. The molecular formula is C11H22N2O2. The fraction of sp³-hybridized carbons (Fsp3) is 0.909.